The van der Waals surface area contributed by atoms with Crippen LogP contribution in [0.1, 0.15) is 45.1 Å². The molecule has 3 unspecified atom stereocenters. The molecule has 0 spiro atoms. The third-order valence-corrected chi connectivity index (χ3v) is 4.37. The SMILES string of the molecule is CCCNC1CCC(C)CC1Oc1cc(Cl)ccc1C. The van der Waals surface area contributed by atoms with Gasteiger partial charge in [0.05, 0.1) is 0 Å². The van der Waals surface area contributed by atoms with Gasteiger partial charge in [0.2, 0.25) is 0 Å². The summed E-state index contributed by atoms with van der Waals surface area (Å²) in [5, 5.41) is 4.38. The molecule has 0 radical (unpaired) electrons. The fourth-order valence-electron chi connectivity index (χ4n) is 2.89. The van der Waals surface area contributed by atoms with Crippen molar-refractivity contribution in [2.75, 3.05) is 6.54 Å². The maximum atomic E-state index is 6.30. The van der Waals surface area contributed by atoms with E-state index in [9.17, 15) is 0 Å². The lowest BCUT2D eigenvalue weighted by molar-refractivity contribution is 0.0902. The number of hydrogen-bond donors (Lipinski definition) is 1. The van der Waals surface area contributed by atoms with Crippen LogP contribution in [0.4, 0.5) is 0 Å². The van der Waals surface area contributed by atoms with Crippen LogP contribution in [0, 0.1) is 12.8 Å². The first kappa shape index (κ1) is 15.7. The minimum absolute atomic E-state index is 0.252. The second-order valence-corrected chi connectivity index (χ2v) is 6.48. The second kappa shape index (κ2) is 7.33. The smallest absolute Gasteiger partial charge is 0.124 e. The molecule has 0 aromatic heterocycles. The molecule has 112 valence electrons. The Morgan fingerprint density at radius 2 is 2.15 bits per heavy atom. The van der Waals surface area contributed by atoms with Crippen molar-refractivity contribution in [2.45, 2.75) is 58.6 Å². The van der Waals surface area contributed by atoms with Crippen LogP contribution in [-0.2, 0) is 0 Å². The van der Waals surface area contributed by atoms with Gasteiger partial charge in [0, 0.05) is 11.1 Å². The van der Waals surface area contributed by atoms with Gasteiger partial charge < -0.3 is 10.1 Å². The zero-order chi connectivity index (χ0) is 14.5. The van der Waals surface area contributed by atoms with Crippen LogP contribution in [0.3, 0.4) is 0 Å². The highest BCUT2D eigenvalue weighted by atomic mass is 35.5. The first-order chi connectivity index (χ1) is 9.60. The summed E-state index contributed by atoms with van der Waals surface area (Å²) in [4.78, 5) is 0. The van der Waals surface area contributed by atoms with E-state index in [1.165, 1.54) is 12.8 Å². The van der Waals surface area contributed by atoms with Gasteiger partial charge >= 0.3 is 0 Å². The van der Waals surface area contributed by atoms with Crippen molar-refractivity contribution in [3.05, 3.63) is 28.8 Å². The molecule has 0 bridgehead atoms. The van der Waals surface area contributed by atoms with Gasteiger partial charge in [-0.05, 0) is 62.8 Å². The standard InChI is InChI=1S/C17H26ClNO/c1-4-9-19-15-8-5-12(2)10-17(15)20-16-11-14(18)7-6-13(16)3/h6-7,11-12,15,17,19H,4-5,8-10H2,1-3H3. The van der Waals surface area contributed by atoms with Crippen molar-refractivity contribution in [3.8, 4) is 5.75 Å². The van der Waals surface area contributed by atoms with Gasteiger partial charge in [-0.3, -0.25) is 0 Å². The predicted octanol–water partition coefficient (Wildman–Crippen LogP) is 4.58. The average molecular weight is 296 g/mol. The lowest BCUT2D eigenvalue weighted by atomic mass is 9.85. The van der Waals surface area contributed by atoms with Gasteiger partial charge in [-0.15, -0.1) is 0 Å². The predicted molar refractivity (Wildman–Crippen MR) is 85.7 cm³/mol. The number of halogens is 1. The Kier molecular flexibility index (Phi) is 5.74. The van der Waals surface area contributed by atoms with Crippen LogP contribution >= 0.6 is 11.6 Å². The Balaban J connectivity index is 2.08. The molecule has 1 saturated carbocycles. The summed E-state index contributed by atoms with van der Waals surface area (Å²) in [6.45, 7) is 7.66. The van der Waals surface area contributed by atoms with Crippen LogP contribution in [-0.4, -0.2) is 18.7 Å². The molecule has 0 aliphatic heterocycles. The molecule has 1 aliphatic carbocycles. The van der Waals surface area contributed by atoms with Crippen LogP contribution in [0.25, 0.3) is 0 Å². The molecule has 1 N–H and O–H groups in total. The van der Waals surface area contributed by atoms with E-state index in [2.05, 4.69) is 26.1 Å². The Hall–Kier alpha value is -0.730. The highest BCUT2D eigenvalue weighted by Gasteiger charge is 2.30. The maximum Gasteiger partial charge on any atom is 0.124 e. The Labute approximate surface area is 127 Å². The van der Waals surface area contributed by atoms with E-state index in [1.54, 1.807) is 0 Å². The number of ether oxygens (including phenoxy) is 1. The molecule has 1 aromatic carbocycles. The highest BCUT2D eigenvalue weighted by Crippen LogP contribution is 2.30. The quantitative estimate of drug-likeness (QED) is 0.858. The van der Waals surface area contributed by atoms with Crippen molar-refractivity contribution in [1.29, 1.82) is 0 Å². The van der Waals surface area contributed by atoms with E-state index in [4.69, 9.17) is 16.3 Å². The summed E-state index contributed by atoms with van der Waals surface area (Å²) in [5.41, 5.74) is 1.15. The van der Waals surface area contributed by atoms with E-state index in [0.717, 1.165) is 41.6 Å². The molecule has 2 rings (SSSR count). The summed E-state index contributed by atoms with van der Waals surface area (Å²) in [6.07, 6.45) is 5.02. The normalized spacial score (nSPS) is 26.5. The highest BCUT2D eigenvalue weighted by molar-refractivity contribution is 6.30. The molecule has 3 atom stereocenters. The van der Waals surface area contributed by atoms with Crippen molar-refractivity contribution >= 4 is 11.6 Å². The van der Waals surface area contributed by atoms with Gasteiger partial charge in [0.1, 0.15) is 11.9 Å². The summed E-state index contributed by atoms with van der Waals surface area (Å²) in [6, 6.07) is 6.34. The van der Waals surface area contributed by atoms with Gasteiger partial charge in [-0.1, -0.05) is 31.5 Å². The first-order valence-corrected chi connectivity index (χ1v) is 8.14. The van der Waals surface area contributed by atoms with E-state index < -0.39 is 0 Å². The maximum absolute atomic E-state index is 6.30. The number of hydrogen-bond acceptors (Lipinski definition) is 2. The van der Waals surface area contributed by atoms with Crippen LogP contribution in [0.15, 0.2) is 18.2 Å². The third kappa shape index (κ3) is 4.13. The van der Waals surface area contributed by atoms with E-state index in [0.29, 0.717) is 6.04 Å². The van der Waals surface area contributed by atoms with Crippen molar-refractivity contribution in [1.82, 2.24) is 5.32 Å². The van der Waals surface area contributed by atoms with E-state index in [-0.39, 0.29) is 6.10 Å². The topological polar surface area (TPSA) is 21.3 Å². The fourth-order valence-corrected chi connectivity index (χ4v) is 3.05. The molecule has 1 fully saturated rings. The molecule has 20 heavy (non-hydrogen) atoms. The molecule has 1 aliphatic rings. The number of nitrogens with one attached hydrogen (secondary N) is 1. The summed E-state index contributed by atoms with van der Waals surface area (Å²) < 4.78 is 6.30. The third-order valence-electron chi connectivity index (χ3n) is 4.14. The molecular weight excluding hydrogens is 270 g/mol. The molecule has 0 saturated heterocycles. The average Bonchev–Trinajstić information content (AvgIpc) is 2.42. The van der Waals surface area contributed by atoms with Gasteiger partial charge in [0.15, 0.2) is 0 Å². The molecule has 0 amide bonds. The monoisotopic (exact) mass is 295 g/mol. The molecular formula is C17H26ClNO. The van der Waals surface area contributed by atoms with Crippen LogP contribution in [0.2, 0.25) is 5.02 Å². The van der Waals surface area contributed by atoms with E-state index in [1.807, 2.05) is 18.2 Å². The molecule has 2 nitrogen and oxygen atoms in total. The Morgan fingerprint density at radius 1 is 1.35 bits per heavy atom. The molecule has 1 aromatic rings. The molecule has 3 heteroatoms. The minimum atomic E-state index is 0.252. The Bertz CT molecular complexity index is 433. The van der Waals surface area contributed by atoms with Crippen molar-refractivity contribution in [3.63, 3.8) is 0 Å². The largest absolute Gasteiger partial charge is 0.488 e. The first-order valence-electron chi connectivity index (χ1n) is 7.76. The van der Waals surface area contributed by atoms with Gasteiger partial charge in [-0.2, -0.15) is 0 Å². The van der Waals surface area contributed by atoms with Crippen LogP contribution in [0.5, 0.6) is 5.75 Å². The zero-order valence-electron chi connectivity index (χ0n) is 12.8. The van der Waals surface area contributed by atoms with Gasteiger partial charge in [0.25, 0.3) is 0 Å². The lowest BCUT2D eigenvalue weighted by Crippen LogP contribution is -2.47. The summed E-state index contributed by atoms with van der Waals surface area (Å²) >= 11 is 6.09. The van der Waals surface area contributed by atoms with Crippen molar-refractivity contribution < 1.29 is 4.74 Å². The molecule has 0 heterocycles. The van der Waals surface area contributed by atoms with Gasteiger partial charge in [-0.25, -0.2) is 0 Å². The summed E-state index contributed by atoms with van der Waals surface area (Å²) in [7, 11) is 0. The lowest BCUT2D eigenvalue weighted by Gasteiger charge is -2.36. The number of rotatable bonds is 5. The zero-order valence-corrected chi connectivity index (χ0v) is 13.5. The fraction of sp³-hybridized carbons (Fsp3) is 0.647. The minimum Gasteiger partial charge on any atom is -0.488 e. The number of aryl methyl sites for hydroxylation is 1. The summed E-state index contributed by atoms with van der Waals surface area (Å²) in [5.74, 6) is 1.67. The second-order valence-electron chi connectivity index (χ2n) is 6.04. The van der Waals surface area contributed by atoms with Crippen LogP contribution < -0.4 is 10.1 Å². The van der Waals surface area contributed by atoms with E-state index >= 15 is 0 Å². The number of benzene rings is 1. The van der Waals surface area contributed by atoms with Crippen molar-refractivity contribution in [2.24, 2.45) is 5.92 Å². The Morgan fingerprint density at radius 3 is 2.90 bits per heavy atom.